The van der Waals surface area contributed by atoms with Gasteiger partial charge in [0.1, 0.15) is 11.5 Å². The van der Waals surface area contributed by atoms with Gasteiger partial charge in [-0.15, -0.1) is 22.7 Å². The van der Waals surface area contributed by atoms with Crippen molar-refractivity contribution in [1.82, 2.24) is 9.97 Å². The molecule has 45 heavy (non-hydrogen) atoms. The molecule has 4 aromatic carbocycles. The number of thiazole rings is 2. The summed E-state index contributed by atoms with van der Waals surface area (Å²) in [6.45, 7) is 7.87. The van der Waals surface area contributed by atoms with Gasteiger partial charge in [-0.2, -0.15) is 0 Å². The molecule has 0 spiro atoms. The molecule has 6 aromatic rings. The zero-order chi connectivity index (χ0) is 31.5. The van der Waals surface area contributed by atoms with E-state index in [1.807, 2.05) is 123 Å². The van der Waals surface area contributed by atoms with Gasteiger partial charge in [0.05, 0.1) is 11.4 Å². The molecular weight excluding hydrogens is 601 g/mol. The molecule has 6 rings (SSSR count). The Bertz CT molecular complexity index is 1870. The molecule has 0 fully saturated rings. The molecule has 0 aliphatic carbocycles. The number of carbonyl (C=O) groups is 2. The van der Waals surface area contributed by atoms with Crippen LogP contribution in [0.1, 0.15) is 43.0 Å². The number of amides is 2. The highest BCUT2D eigenvalue weighted by Crippen LogP contribution is 2.31. The van der Waals surface area contributed by atoms with Crippen molar-refractivity contribution in [3.05, 3.63) is 129 Å². The van der Waals surface area contributed by atoms with E-state index in [0.717, 1.165) is 44.8 Å². The quantitative estimate of drug-likeness (QED) is 0.175. The average molecular weight is 631 g/mol. The van der Waals surface area contributed by atoms with Gasteiger partial charge in [0, 0.05) is 33.0 Å². The number of benzene rings is 4. The van der Waals surface area contributed by atoms with Gasteiger partial charge >= 0.3 is 0 Å². The summed E-state index contributed by atoms with van der Waals surface area (Å²) in [6, 6.07) is 26.9. The van der Waals surface area contributed by atoms with E-state index in [0.29, 0.717) is 32.9 Å². The molecule has 0 bridgehead atoms. The number of hydrogen-bond donors (Lipinski definition) is 2. The Hall–Kier alpha value is -5.12. The Kier molecular flexibility index (Phi) is 8.55. The standard InChI is InChI=1S/C36H30N4O3S2/c1-21-5-15-29(23(3)17-21)33(41)39-35-37-31(19-44-35)25-7-11-27(12-8-25)43-28-13-9-26(10-14-28)32-20-45-36(38-32)40-34(42)30-16-6-22(2)18-24(30)4/h5-20H,1-4H3,(H,37,39,41)(H,38,40,42). The summed E-state index contributed by atoms with van der Waals surface area (Å²) < 4.78 is 6.06. The Balaban J connectivity index is 1.05. The van der Waals surface area contributed by atoms with Crippen molar-refractivity contribution in [2.45, 2.75) is 27.7 Å². The van der Waals surface area contributed by atoms with Crippen LogP contribution in [0.3, 0.4) is 0 Å². The monoisotopic (exact) mass is 630 g/mol. The molecule has 0 saturated carbocycles. The van der Waals surface area contributed by atoms with Crippen molar-refractivity contribution in [3.8, 4) is 34.0 Å². The predicted octanol–water partition coefficient (Wildman–Crippen LogP) is 9.46. The summed E-state index contributed by atoms with van der Waals surface area (Å²) in [5.41, 5.74) is 8.78. The highest BCUT2D eigenvalue weighted by Gasteiger charge is 2.14. The van der Waals surface area contributed by atoms with Crippen LogP contribution < -0.4 is 15.4 Å². The van der Waals surface area contributed by atoms with Crippen LogP contribution in [0, 0.1) is 27.7 Å². The fourth-order valence-electron chi connectivity index (χ4n) is 4.92. The number of ether oxygens (including phenoxy) is 1. The smallest absolute Gasteiger partial charge is 0.257 e. The van der Waals surface area contributed by atoms with E-state index in [4.69, 9.17) is 4.74 Å². The van der Waals surface area contributed by atoms with Gasteiger partial charge in [-0.1, -0.05) is 35.4 Å². The van der Waals surface area contributed by atoms with Gasteiger partial charge in [-0.25, -0.2) is 9.97 Å². The maximum absolute atomic E-state index is 12.7. The minimum Gasteiger partial charge on any atom is -0.457 e. The lowest BCUT2D eigenvalue weighted by Crippen LogP contribution is -2.13. The lowest BCUT2D eigenvalue weighted by Gasteiger charge is -2.07. The van der Waals surface area contributed by atoms with Crippen LogP contribution in [0.25, 0.3) is 22.5 Å². The molecule has 7 nitrogen and oxygen atoms in total. The summed E-state index contributed by atoms with van der Waals surface area (Å²) in [5.74, 6) is 1.04. The molecule has 0 unspecified atom stereocenters. The average Bonchev–Trinajstić information content (AvgIpc) is 3.68. The maximum Gasteiger partial charge on any atom is 0.257 e. The molecule has 0 atom stereocenters. The number of carbonyl (C=O) groups excluding carboxylic acids is 2. The molecule has 0 saturated heterocycles. The van der Waals surface area contributed by atoms with Crippen molar-refractivity contribution in [1.29, 1.82) is 0 Å². The van der Waals surface area contributed by atoms with E-state index < -0.39 is 0 Å². The van der Waals surface area contributed by atoms with E-state index in [1.165, 1.54) is 22.7 Å². The lowest BCUT2D eigenvalue weighted by atomic mass is 10.1. The molecule has 0 radical (unpaired) electrons. The number of anilines is 2. The van der Waals surface area contributed by atoms with Gasteiger partial charge in [0.2, 0.25) is 0 Å². The van der Waals surface area contributed by atoms with E-state index >= 15 is 0 Å². The topological polar surface area (TPSA) is 93.2 Å². The number of hydrogen-bond acceptors (Lipinski definition) is 7. The molecule has 2 amide bonds. The summed E-state index contributed by atoms with van der Waals surface area (Å²) >= 11 is 2.77. The molecule has 9 heteroatoms. The number of nitrogens with zero attached hydrogens (tertiary/aromatic N) is 2. The van der Waals surface area contributed by atoms with Crippen LogP contribution in [0.15, 0.2) is 95.7 Å². The van der Waals surface area contributed by atoms with Crippen molar-refractivity contribution < 1.29 is 14.3 Å². The zero-order valence-corrected chi connectivity index (χ0v) is 26.8. The summed E-state index contributed by atoms with van der Waals surface area (Å²) in [5, 5.41) is 10.8. The van der Waals surface area contributed by atoms with Crippen LogP contribution in [0.5, 0.6) is 11.5 Å². The molecule has 2 heterocycles. The normalized spacial score (nSPS) is 10.8. The first kappa shape index (κ1) is 29.9. The van der Waals surface area contributed by atoms with Gasteiger partial charge in [-0.05, 0) is 99.5 Å². The summed E-state index contributed by atoms with van der Waals surface area (Å²) in [7, 11) is 0. The first-order chi connectivity index (χ1) is 21.7. The van der Waals surface area contributed by atoms with Gasteiger partial charge in [0.25, 0.3) is 11.8 Å². The Morgan fingerprint density at radius 2 is 0.978 bits per heavy atom. The van der Waals surface area contributed by atoms with Gasteiger partial charge in [0.15, 0.2) is 10.3 Å². The Morgan fingerprint density at radius 3 is 1.36 bits per heavy atom. The number of nitrogens with one attached hydrogen (secondary N) is 2. The second-order valence-electron chi connectivity index (χ2n) is 10.8. The Labute approximate surface area is 269 Å². The van der Waals surface area contributed by atoms with E-state index in [-0.39, 0.29) is 11.8 Å². The second-order valence-corrected chi connectivity index (χ2v) is 12.5. The fraction of sp³-hybridized carbons (Fsp3) is 0.111. The molecule has 2 aromatic heterocycles. The third-order valence-electron chi connectivity index (χ3n) is 7.24. The van der Waals surface area contributed by atoms with E-state index in [1.54, 1.807) is 0 Å². The first-order valence-electron chi connectivity index (χ1n) is 14.3. The van der Waals surface area contributed by atoms with Crippen LogP contribution >= 0.6 is 22.7 Å². The zero-order valence-electron chi connectivity index (χ0n) is 25.2. The first-order valence-corrected chi connectivity index (χ1v) is 16.0. The molecule has 2 N–H and O–H groups in total. The van der Waals surface area contributed by atoms with Crippen molar-refractivity contribution in [3.63, 3.8) is 0 Å². The molecule has 0 aliphatic heterocycles. The van der Waals surface area contributed by atoms with Crippen molar-refractivity contribution >= 4 is 44.8 Å². The SMILES string of the molecule is Cc1ccc(C(=O)Nc2nc(-c3ccc(Oc4ccc(-c5csc(NC(=O)c6ccc(C)cc6C)n5)cc4)cc3)cs2)c(C)c1. The number of aromatic nitrogens is 2. The molecular formula is C36H30N4O3S2. The Morgan fingerprint density at radius 1 is 0.578 bits per heavy atom. The van der Waals surface area contributed by atoms with Crippen LogP contribution in [-0.4, -0.2) is 21.8 Å². The molecule has 0 aliphatic rings. The minimum absolute atomic E-state index is 0.168. The molecule has 224 valence electrons. The van der Waals surface area contributed by atoms with Gasteiger partial charge < -0.3 is 4.74 Å². The van der Waals surface area contributed by atoms with Crippen molar-refractivity contribution in [2.24, 2.45) is 0 Å². The lowest BCUT2D eigenvalue weighted by molar-refractivity contribution is 0.101. The minimum atomic E-state index is -0.168. The fourth-order valence-corrected chi connectivity index (χ4v) is 6.35. The van der Waals surface area contributed by atoms with Crippen LogP contribution in [0.2, 0.25) is 0 Å². The summed E-state index contributed by atoms with van der Waals surface area (Å²) in [4.78, 5) is 34.7. The highest BCUT2D eigenvalue weighted by molar-refractivity contribution is 7.14. The third-order valence-corrected chi connectivity index (χ3v) is 8.75. The van der Waals surface area contributed by atoms with E-state index in [2.05, 4.69) is 20.6 Å². The van der Waals surface area contributed by atoms with Crippen LogP contribution in [-0.2, 0) is 0 Å². The third kappa shape index (κ3) is 7.01. The maximum atomic E-state index is 12.7. The van der Waals surface area contributed by atoms with E-state index in [9.17, 15) is 9.59 Å². The number of rotatable bonds is 8. The predicted molar refractivity (Wildman–Crippen MR) is 183 cm³/mol. The second kappa shape index (κ2) is 12.9. The highest BCUT2D eigenvalue weighted by atomic mass is 32.1. The van der Waals surface area contributed by atoms with Crippen LogP contribution in [0.4, 0.5) is 10.3 Å². The number of aryl methyl sites for hydroxylation is 4. The van der Waals surface area contributed by atoms with Gasteiger partial charge in [-0.3, -0.25) is 20.2 Å². The van der Waals surface area contributed by atoms with Crippen molar-refractivity contribution in [2.75, 3.05) is 10.6 Å². The largest absolute Gasteiger partial charge is 0.457 e. The summed E-state index contributed by atoms with van der Waals surface area (Å²) in [6.07, 6.45) is 0.